The molecule has 0 spiro atoms. The van der Waals surface area contributed by atoms with Crippen LogP contribution < -0.4 is 5.73 Å². The highest BCUT2D eigenvalue weighted by atomic mass is 16.5. The van der Waals surface area contributed by atoms with Gasteiger partial charge in [-0.05, 0) is 51.0 Å². The molecule has 2 N–H and O–H groups in total. The Bertz CT molecular complexity index is 193. The van der Waals surface area contributed by atoms with Gasteiger partial charge in [0.25, 0.3) is 0 Å². The molecule has 1 aliphatic carbocycles. The van der Waals surface area contributed by atoms with E-state index in [2.05, 4.69) is 20.8 Å². The second kappa shape index (κ2) is 6.61. The first-order valence-electron chi connectivity index (χ1n) is 6.93. The van der Waals surface area contributed by atoms with Crippen molar-refractivity contribution in [3.8, 4) is 0 Å². The number of nitrogens with two attached hydrogens (primary N) is 1. The van der Waals surface area contributed by atoms with Crippen LogP contribution in [0.25, 0.3) is 0 Å². The molecule has 0 aromatic carbocycles. The van der Waals surface area contributed by atoms with E-state index in [-0.39, 0.29) is 0 Å². The van der Waals surface area contributed by atoms with Gasteiger partial charge in [-0.25, -0.2) is 0 Å². The molecule has 1 saturated carbocycles. The third-order valence-electron chi connectivity index (χ3n) is 4.14. The summed E-state index contributed by atoms with van der Waals surface area (Å²) in [7, 11) is 0. The first-order chi connectivity index (χ1) is 7.62. The van der Waals surface area contributed by atoms with E-state index >= 15 is 0 Å². The molecule has 16 heavy (non-hydrogen) atoms. The Morgan fingerprint density at radius 1 is 1.44 bits per heavy atom. The highest BCUT2D eigenvalue weighted by molar-refractivity contribution is 4.87. The van der Waals surface area contributed by atoms with Crippen LogP contribution in [0.1, 0.15) is 59.3 Å². The monoisotopic (exact) mass is 227 g/mol. The molecule has 2 atom stereocenters. The maximum Gasteiger partial charge on any atom is 0.0518 e. The quantitative estimate of drug-likeness (QED) is 0.755. The highest BCUT2D eigenvalue weighted by Gasteiger charge is 2.34. The number of rotatable bonds is 6. The van der Waals surface area contributed by atoms with Crippen LogP contribution in [0.15, 0.2) is 0 Å². The van der Waals surface area contributed by atoms with Crippen molar-refractivity contribution >= 4 is 0 Å². The normalized spacial score (nSPS) is 30.9. The topological polar surface area (TPSA) is 35.2 Å². The second-order valence-corrected chi connectivity index (χ2v) is 5.74. The lowest BCUT2D eigenvalue weighted by Gasteiger charge is -2.40. The largest absolute Gasteiger partial charge is 0.379 e. The summed E-state index contributed by atoms with van der Waals surface area (Å²) in [5.74, 6) is 0.899. The Morgan fingerprint density at radius 2 is 2.19 bits per heavy atom. The Hall–Kier alpha value is -0.0800. The Balaban J connectivity index is 2.42. The van der Waals surface area contributed by atoms with E-state index in [1.807, 2.05) is 0 Å². The first kappa shape index (κ1) is 14.0. The van der Waals surface area contributed by atoms with Crippen LogP contribution in [0.2, 0.25) is 0 Å². The smallest absolute Gasteiger partial charge is 0.0518 e. The van der Waals surface area contributed by atoms with Gasteiger partial charge in [-0.3, -0.25) is 0 Å². The van der Waals surface area contributed by atoms with E-state index in [9.17, 15) is 0 Å². The molecular formula is C14H29NO. The van der Waals surface area contributed by atoms with Gasteiger partial charge in [-0.2, -0.15) is 0 Å². The minimum Gasteiger partial charge on any atom is -0.379 e. The molecular weight excluding hydrogens is 198 g/mol. The standard InChI is InChI=1S/C14H29NO/c1-4-13-6-5-7-14(10-13,11-15)8-9-16-12(2)3/h12-13H,4-11,15H2,1-3H3. The van der Waals surface area contributed by atoms with Gasteiger partial charge in [-0.1, -0.05) is 26.2 Å². The molecule has 2 unspecified atom stereocenters. The molecule has 0 bridgehead atoms. The molecule has 1 fully saturated rings. The SMILES string of the molecule is CCC1CCCC(CN)(CCOC(C)C)C1. The summed E-state index contributed by atoms with van der Waals surface area (Å²) < 4.78 is 5.68. The van der Waals surface area contributed by atoms with Crippen molar-refractivity contribution < 1.29 is 4.74 Å². The number of ether oxygens (including phenoxy) is 1. The summed E-state index contributed by atoms with van der Waals surface area (Å²) in [6, 6.07) is 0. The van der Waals surface area contributed by atoms with Crippen molar-refractivity contribution in [1.82, 2.24) is 0 Å². The molecule has 1 rings (SSSR count). The van der Waals surface area contributed by atoms with E-state index in [1.165, 1.54) is 32.1 Å². The molecule has 96 valence electrons. The lowest BCUT2D eigenvalue weighted by Crippen LogP contribution is -2.37. The Labute approximate surface area is 101 Å². The second-order valence-electron chi connectivity index (χ2n) is 5.74. The van der Waals surface area contributed by atoms with Crippen molar-refractivity contribution in [2.45, 2.75) is 65.4 Å². The average Bonchev–Trinajstić information content (AvgIpc) is 2.29. The fourth-order valence-electron chi connectivity index (χ4n) is 2.96. The van der Waals surface area contributed by atoms with E-state index < -0.39 is 0 Å². The van der Waals surface area contributed by atoms with Crippen LogP contribution in [-0.4, -0.2) is 19.3 Å². The summed E-state index contributed by atoms with van der Waals surface area (Å²) in [5.41, 5.74) is 6.40. The minimum atomic E-state index is 0.348. The molecule has 0 radical (unpaired) electrons. The zero-order valence-corrected chi connectivity index (χ0v) is 11.3. The van der Waals surface area contributed by atoms with Crippen molar-refractivity contribution in [1.29, 1.82) is 0 Å². The minimum absolute atomic E-state index is 0.348. The fourth-order valence-corrected chi connectivity index (χ4v) is 2.96. The van der Waals surface area contributed by atoms with Gasteiger partial charge >= 0.3 is 0 Å². The predicted octanol–water partition coefficient (Wildman–Crippen LogP) is 3.35. The van der Waals surface area contributed by atoms with Crippen LogP contribution in [0, 0.1) is 11.3 Å². The van der Waals surface area contributed by atoms with Gasteiger partial charge in [0.15, 0.2) is 0 Å². The van der Waals surface area contributed by atoms with Crippen LogP contribution in [0.5, 0.6) is 0 Å². The Kier molecular flexibility index (Phi) is 5.77. The van der Waals surface area contributed by atoms with Gasteiger partial charge in [0, 0.05) is 6.61 Å². The molecule has 0 aliphatic heterocycles. The zero-order valence-electron chi connectivity index (χ0n) is 11.3. The van der Waals surface area contributed by atoms with Crippen LogP contribution in [0.3, 0.4) is 0 Å². The van der Waals surface area contributed by atoms with Gasteiger partial charge in [0.2, 0.25) is 0 Å². The van der Waals surface area contributed by atoms with Gasteiger partial charge in [-0.15, -0.1) is 0 Å². The summed E-state index contributed by atoms with van der Waals surface area (Å²) in [5, 5.41) is 0. The summed E-state index contributed by atoms with van der Waals surface area (Å²) in [6.45, 7) is 8.23. The average molecular weight is 227 g/mol. The Morgan fingerprint density at radius 3 is 2.75 bits per heavy atom. The molecule has 2 heteroatoms. The van der Waals surface area contributed by atoms with Crippen LogP contribution in [-0.2, 0) is 4.74 Å². The summed E-state index contributed by atoms with van der Waals surface area (Å²) in [6.07, 6.45) is 8.20. The van der Waals surface area contributed by atoms with Gasteiger partial charge in [0.1, 0.15) is 0 Å². The van der Waals surface area contributed by atoms with Crippen molar-refractivity contribution in [2.24, 2.45) is 17.1 Å². The lowest BCUT2D eigenvalue weighted by molar-refractivity contribution is 0.0327. The molecule has 2 nitrogen and oxygen atoms in total. The highest BCUT2D eigenvalue weighted by Crippen LogP contribution is 2.42. The zero-order chi connectivity index (χ0) is 12.0. The molecule has 0 aromatic heterocycles. The maximum atomic E-state index is 6.02. The summed E-state index contributed by atoms with van der Waals surface area (Å²) >= 11 is 0. The van der Waals surface area contributed by atoms with E-state index in [4.69, 9.17) is 10.5 Å². The van der Waals surface area contributed by atoms with E-state index in [0.29, 0.717) is 11.5 Å². The lowest BCUT2D eigenvalue weighted by atomic mass is 9.67. The molecule has 1 aliphatic rings. The van der Waals surface area contributed by atoms with Gasteiger partial charge in [0.05, 0.1) is 6.10 Å². The van der Waals surface area contributed by atoms with E-state index in [0.717, 1.165) is 25.5 Å². The van der Waals surface area contributed by atoms with Crippen LogP contribution >= 0.6 is 0 Å². The van der Waals surface area contributed by atoms with Crippen LogP contribution in [0.4, 0.5) is 0 Å². The number of hydrogen-bond acceptors (Lipinski definition) is 2. The predicted molar refractivity (Wildman–Crippen MR) is 69.4 cm³/mol. The van der Waals surface area contributed by atoms with Crippen molar-refractivity contribution in [2.75, 3.05) is 13.2 Å². The first-order valence-corrected chi connectivity index (χ1v) is 6.93. The molecule has 0 heterocycles. The van der Waals surface area contributed by atoms with Crippen molar-refractivity contribution in [3.05, 3.63) is 0 Å². The molecule has 0 aromatic rings. The van der Waals surface area contributed by atoms with E-state index in [1.54, 1.807) is 0 Å². The van der Waals surface area contributed by atoms with Crippen molar-refractivity contribution in [3.63, 3.8) is 0 Å². The van der Waals surface area contributed by atoms with Gasteiger partial charge < -0.3 is 10.5 Å². The fraction of sp³-hybridized carbons (Fsp3) is 1.00. The summed E-state index contributed by atoms with van der Waals surface area (Å²) in [4.78, 5) is 0. The molecule has 0 amide bonds. The third kappa shape index (κ3) is 4.06. The maximum absolute atomic E-state index is 6.02. The number of hydrogen-bond donors (Lipinski definition) is 1. The third-order valence-corrected chi connectivity index (χ3v) is 4.14. The molecule has 0 saturated heterocycles.